The first-order valence-corrected chi connectivity index (χ1v) is 6.42. The molecule has 0 saturated carbocycles. The van der Waals surface area contributed by atoms with Gasteiger partial charge in [-0.15, -0.1) is 5.10 Å². The number of carbonyl (C=O) groups excluding carboxylic acids is 1. The molecule has 0 atom stereocenters. The lowest BCUT2D eigenvalue weighted by Gasteiger charge is -2.39. The van der Waals surface area contributed by atoms with Crippen LogP contribution in [0, 0.1) is 0 Å². The van der Waals surface area contributed by atoms with Crippen molar-refractivity contribution in [1.29, 1.82) is 0 Å². The van der Waals surface area contributed by atoms with E-state index in [1.165, 1.54) is 0 Å². The van der Waals surface area contributed by atoms with Crippen molar-refractivity contribution in [2.24, 2.45) is 0 Å². The molecule has 2 rings (SSSR count). The molecule has 0 bridgehead atoms. The molecule has 1 amide bonds. The fourth-order valence-electron chi connectivity index (χ4n) is 1.85. The van der Waals surface area contributed by atoms with Gasteiger partial charge in [-0.05, 0) is 27.8 Å². The Morgan fingerprint density at radius 1 is 1.53 bits per heavy atom. The Morgan fingerprint density at radius 3 is 2.79 bits per heavy atom. The molecular weight excluding hydrogens is 246 g/mol. The Morgan fingerprint density at radius 2 is 2.21 bits per heavy atom. The Bertz CT molecular complexity index is 445. The van der Waals surface area contributed by atoms with E-state index in [1.807, 2.05) is 38.7 Å². The maximum Gasteiger partial charge on any atom is 0.410 e. The maximum absolute atomic E-state index is 11.8. The van der Waals surface area contributed by atoms with Gasteiger partial charge in [0.25, 0.3) is 0 Å². The van der Waals surface area contributed by atoms with Crippen LogP contribution in [0.4, 0.5) is 4.79 Å². The third-order valence-electron chi connectivity index (χ3n) is 2.80. The summed E-state index contributed by atoms with van der Waals surface area (Å²) < 4.78 is 7.11. The summed E-state index contributed by atoms with van der Waals surface area (Å²) in [6.07, 6.45) is 1.65. The highest BCUT2D eigenvalue weighted by Gasteiger charge is 2.35. The molecule has 1 aromatic heterocycles. The molecule has 0 unspecified atom stereocenters. The lowest BCUT2D eigenvalue weighted by atomic mass is 10.1. The minimum atomic E-state index is -0.449. The number of hydrogen-bond acceptors (Lipinski definition) is 5. The van der Waals surface area contributed by atoms with Gasteiger partial charge in [0.2, 0.25) is 0 Å². The smallest absolute Gasteiger partial charge is 0.410 e. The lowest BCUT2D eigenvalue weighted by Crippen LogP contribution is -2.52. The second kappa shape index (κ2) is 5.16. The number of nitrogens with one attached hydrogen (secondary N) is 1. The highest BCUT2D eigenvalue weighted by molar-refractivity contribution is 5.69. The minimum Gasteiger partial charge on any atom is -0.444 e. The van der Waals surface area contributed by atoms with Gasteiger partial charge in [-0.2, -0.15) is 0 Å². The third-order valence-corrected chi connectivity index (χ3v) is 2.80. The molecular formula is C12H21N5O2. The van der Waals surface area contributed by atoms with Gasteiger partial charge in [0.15, 0.2) is 0 Å². The zero-order chi connectivity index (χ0) is 14.0. The first-order valence-electron chi connectivity index (χ1n) is 6.42. The molecule has 7 heteroatoms. The second-order valence-electron chi connectivity index (χ2n) is 5.76. The zero-order valence-corrected chi connectivity index (χ0v) is 11.9. The molecule has 1 fully saturated rings. The van der Waals surface area contributed by atoms with E-state index in [9.17, 15) is 4.79 Å². The van der Waals surface area contributed by atoms with Crippen LogP contribution in [0.15, 0.2) is 6.20 Å². The summed E-state index contributed by atoms with van der Waals surface area (Å²) in [5.41, 5.74) is 0.452. The van der Waals surface area contributed by atoms with Crippen LogP contribution < -0.4 is 5.32 Å². The topological polar surface area (TPSA) is 72.3 Å². The summed E-state index contributed by atoms with van der Waals surface area (Å²) in [5.74, 6) is 0. The van der Waals surface area contributed by atoms with Gasteiger partial charge in [-0.25, -0.2) is 9.48 Å². The fraction of sp³-hybridized carbons (Fsp3) is 0.750. The summed E-state index contributed by atoms with van der Waals surface area (Å²) in [7, 11) is 1.87. The van der Waals surface area contributed by atoms with E-state index < -0.39 is 5.60 Å². The number of ether oxygens (including phenoxy) is 1. The molecule has 19 heavy (non-hydrogen) atoms. The molecule has 1 aromatic rings. The number of amides is 1. The minimum absolute atomic E-state index is 0.200. The maximum atomic E-state index is 11.8. The highest BCUT2D eigenvalue weighted by Crippen LogP contribution is 2.22. The van der Waals surface area contributed by atoms with Crippen LogP contribution in [0.5, 0.6) is 0 Å². The molecule has 1 aliphatic rings. The van der Waals surface area contributed by atoms with Crippen molar-refractivity contribution >= 4 is 6.09 Å². The number of nitrogens with zero attached hydrogens (tertiary/aromatic N) is 4. The van der Waals surface area contributed by atoms with Gasteiger partial charge >= 0.3 is 6.09 Å². The first kappa shape index (κ1) is 13.8. The monoisotopic (exact) mass is 267 g/mol. The van der Waals surface area contributed by atoms with Crippen LogP contribution >= 0.6 is 0 Å². The Kier molecular flexibility index (Phi) is 3.75. The molecule has 0 spiro atoms. The number of likely N-dealkylation sites (tertiary alicyclic amines) is 1. The van der Waals surface area contributed by atoms with Crippen molar-refractivity contribution in [2.45, 2.75) is 39.0 Å². The second-order valence-corrected chi connectivity index (χ2v) is 5.76. The van der Waals surface area contributed by atoms with Gasteiger partial charge in [-0.1, -0.05) is 5.21 Å². The highest BCUT2D eigenvalue weighted by atomic mass is 16.6. The van der Waals surface area contributed by atoms with E-state index in [2.05, 4.69) is 15.6 Å². The summed E-state index contributed by atoms with van der Waals surface area (Å²) in [5, 5.41) is 11.2. The number of aromatic nitrogens is 3. The zero-order valence-electron chi connectivity index (χ0n) is 11.9. The first-order chi connectivity index (χ1) is 8.89. The molecule has 0 aliphatic carbocycles. The van der Waals surface area contributed by atoms with E-state index in [-0.39, 0.29) is 12.1 Å². The molecule has 0 aromatic carbocycles. The SMILES string of the molecule is CNCc1cn(C2CN(C(=O)OC(C)(C)C)C2)nn1. The van der Waals surface area contributed by atoms with Crippen LogP contribution in [0.1, 0.15) is 32.5 Å². The lowest BCUT2D eigenvalue weighted by molar-refractivity contribution is -0.000614. The Hall–Kier alpha value is -1.63. The molecule has 2 heterocycles. The molecule has 7 nitrogen and oxygen atoms in total. The van der Waals surface area contributed by atoms with Crippen molar-refractivity contribution in [3.63, 3.8) is 0 Å². The van der Waals surface area contributed by atoms with Crippen molar-refractivity contribution < 1.29 is 9.53 Å². The number of carbonyl (C=O) groups is 1. The van der Waals surface area contributed by atoms with Crippen molar-refractivity contribution in [3.05, 3.63) is 11.9 Å². The summed E-state index contributed by atoms with van der Waals surface area (Å²) >= 11 is 0. The number of hydrogen-bond donors (Lipinski definition) is 1. The quantitative estimate of drug-likeness (QED) is 0.876. The van der Waals surface area contributed by atoms with Crippen LogP contribution in [-0.2, 0) is 11.3 Å². The van der Waals surface area contributed by atoms with Crippen LogP contribution in [0.2, 0.25) is 0 Å². The van der Waals surface area contributed by atoms with Gasteiger partial charge in [0.1, 0.15) is 5.60 Å². The van der Waals surface area contributed by atoms with Crippen molar-refractivity contribution in [2.75, 3.05) is 20.1 Å². The fourth-order valence-corrected chi connectivity index (χ4v) is 1.85. The van der Waals surface area contributed by atoms with Gasteiger partial charge in [0, 0.05) is 19.6 Å². The van der Waals surface area contributed by atoms with E-state index in [0.29, 0.717) is 19.6 Å². The molecule has 0 radical (unpaired) electrons. The Balaban J connectivity index is 1.83. The summed E-state index contributed by atoms with van der Waals surface area (Å²) in [6, 6.07) is 0.200. The van der Waals surface area contributed by atoms with Crippen LogP contribution in [0.3, 0.4) is 0 Å². The van der Waals surface area contributed by atoms with E-state index in [0.717, 1.165) is 5.69 Å². The Labute approximate surface area is 112 Å². The summed E-state index contributed by atoms with van der Waals surface area (Å²) in [6.45, 7) is 7.54. The van der Waals surface area contributed by atoms with E-state index in [1.54, 1.807) is 4.90 Å². The van der Waals surface area contributed by atoms with Gasteiger partial charge in [0.05, 0.1) is 17.9 Å². The third kappa shape index (κ3) is 3.44. The van der Waals surface area contributed by atoms with Crippen molar-refractivity contribution in [1.82, 2.24) is 25.2 Å². The average molecular weight is 267 g/mol. The van der Waals surface area contributed by atoms with Crippen molar-refractivity contribution in [3.8, 4) is 0 Å². The van der Waals surface area contributed by atoms with Crippen LogP contribution in [-0.4, -0.2) is 51.7 Å². The standard InChI is InChI=1S/C12H21N5O2/c1-12(2,3)19-11(18)16-7-10(8-16)17-6-9(5-13-4)14-15-17/h6,10,13H,5,7-8H2,1-4H3. The molecule has 1 aliphatic heterocycles. The van der Waals surface area contributed by atoms with E-state index in [4.69, 9.17) is 4.74 Å². The average Bonchev–Trinajstić information content (AvgIpc) is 2.61. The van der Waals surface area contributed by atoms with E-state index >= 15 is 0 Å². The summed E-state index contributed by atoms with van der Waals surface area (Å²) in [4.78, 5) is 13.4. The predicted octanol–water partition coefficient (Wildman–Crippen LogP) is 0.789. The largest absolute Gasteiger partial charge is 0.444 e. The molecule has 106 valence electrons. The van der Waals surface area contributed by atoms with Gasteiger partial charge in [-0.3, -0.25) is 0 Å². The number of rotatable bonds is 3. The predicted molar refractivity (Wildman–Crippen MR) is 69.6 cm³/mol. The molecule has 1 saturated heterocycles. The van der Waals surface area contributed by atoms with Crippen LogP contribution in [0.25, 0.3) is 0 Å². The molecule has 1 N–H and O–H groups in total. The van der Waals surface area contributed by atoms with Gasteiger partial charge < -0.3 is 15.0 Å². The normalized spacial score (nSPS) is 16.3.